The van der Waals surface area contributed by atoms with E-state index in [1.807, 2.05) is 17.9 Å². The summed E-state index contributed by atoms with van der Waals surface area (Å²) in [5, 5.41) is 0.761. The van der Waals surface area contributed by atoms with Gasteiger partial charge in [-0.2, -0.15) is 4.98 Å². The summed E-state index contributed by atoms with van der Waals surface area (Å²) < 4.78 is 53.4. The van der Waals surface area contributed by atoms with E-state index in [0.717, 1.165) is 36.0 Å². The first kappa shape index (κ1) is 25.3. The molecule has 37 heavy (non-hydrogen) atoms. The molecule has 1 atom stereocenters. The molecule has 0 aliphatic carbocycles. The molecule has 1 aromatic carbocycles. The molecule has 2 saturated heterocycles. The molecule has 0 saturated carbocycles. The number of amides is 1. The van der Waals surface area contributed by atoms with Gasteiger partial charge < -0.3 is 19.3 Å². The van der Waals surface area contributed by atoms with E-state index in [1.165, 1.54) is 23.7 Å². The summed E-state index contributed by atoms with van der Waals surface area (Å²) in [6, 6.07) is 7.40. The molecule has 0 spiro atoms. The molecule has 4 heterocycles. The molecule has 0 N–H and O–H groups in total. The number of halogens is 1. The average molecular weight is 548 g/mol. The molecule has 0 radical (unpaired) electrons. The first-order valence-electron chi connectivity index (χ1n) is 11.8. The lowest BCUT2D eigenvalue weighted by Gasteiger charge is -2.36. The van der Waals surface area contributed by atoms with Crippen molar-refractivity contribution in [3.8, 4) is 17.5 Å². The number of piperidine rings is 1. The van der Waals surface area contributed by atoms with Crippen LogP contribution in [0.2, 0.25) is 0 Å². The molecule has 0 bridgehead atoms. The smallest absolute Gasteiger partial charge is 0.335 e. The van der Waals surface area contributed by atoms with Gasteiger partial charge in [-0.15, -0.1) is 4.37 Å². The van der Waals surface area contributed by atoms with Crippen LogP contribution in [0.1, 0.15) is 25.0 Å². The van der Waals surface area contributed by atoms with Crippen LogP contribution in [-0.4, -0.2) is 71.6 Å². The molecular formula is C24H26FN5O5S2. The molecule has 1 amide bonds. The number of nitrogens with zero attached hydrogens (tertiary/aromatic N) is 5. The van der Waals surface area contributed by atoms with Crippen LogP contribution in [0, 0.1) is 12.7 Å². The van der Waals surface area contributed by atoms with Gasteiger partial charge in [-0.25, -0.2) is 12.8 Å². The Morgan fingerprint density at radius 3 is 2.59 bits per heavy atom. The van der Waals surface area contributed by atoms with Crippen LogP contribution in [0.5, 0.6) is 17.5 Å². The average Bonchev–Trinajstić information content (AvgIpc) is 3.48. The minimum Gasteiger partial charge on any atom is -0.477 e. The van der Waals surface area contributed by atoms with Gasteiger partial charge in [-0.1, -0.05) is 0 Å². The predicted octanol–water partition coefficient (Wildman–Crippen LogP) is 3.23. The largest absolute Gasteiger partial charge is 0.477 e. The second-order valence-electron chi connectivity index (χ2n) is 9.06. The van der Waals surface area contributed by atoms with E-state index in [0.29, 0.717) is 31.8 Å². The monoisotopic (exact) mass is 547 g/mol. The minimum absolute atomic E-state index is 0.0523. The number of pyridine rings is 1. The van der Waals surface area contributed by atoms with Gasteiger partial charge in [-0.05, 0) is 50.1 Å². The Labute approximate surface area is 218 Å². The Kier molecular flexibility index (Phi) is 6.99. The van der Waals surface area contributed by atoms with Crippen LogP contribution in [0.15, 0.2) is 41.4 Å². The third kappa shape index (κ3) is 5.52. The lowest BCUT2D eigenvalue weighted by molar-refractivity contribution is -0.135. The number of rotatable bonds is 7. The zero-order valence-corrected chi connectivity index (χ0v) is 22.0. The van der Waals surface area contributed by atoms with E-state index < -0.39 is 21.8 Å². The predicted molar refractivity (Wildman–Crippen MR) is 134 cm³/mol. The first-order chi connectivity index (χ1) is 17.7. The summed E-state index contributed by atoms with van der Waals surface area (Å²) in [5.41, 5.74) is 0.755. The topological polar surface area (TPSA) is 115 Å². The summed E-state index contributed by atoms with van der Waals surface area (Å²) in [7, 11) is -3.53. The highest BCUT2D eigenvalue weighted by Crippen LogP contribution is 2.31. The maximum atomic E-state index is 14.4. The second-order valence-corrected chi connectivity index (χ2v) is 11.8. The van der Waals surface area contributed by atoms with Crippen LogP contribution in [0.4, 0.5) is 9.52 Å². The van der Waals surface area contributed by atoms with Crippen molar-refractivity contribution in [2.75, 3.05) is 30.8 Å². The van der Waals surface area contributed by atoms with Crippen LogP contribution in [-0.2, 0) is 14.6 Å². The molecule has 2 aliphatic rings. The van der Waals surface area contributed by atoms with Gasteiger partial charge in [0.25, 0.3) is 5.91 Å². The SMILES string of the molecule is Cc1ncccc1Oc1nsc(N2CCC(N3CCC(Oc4ccc(S(C)(=O)=O)cc4F)C3=O)CC2)n1. The normalized spacial score (nSPS) is 18.9. The molecule has 196 valence electrons. The van der Waals surface area contributed by atoms with E-state index in [-0.39, 0.29) is 28.6 Å². The fourth-order valence-corrected chi connectivity index (χ4v) is 5.81. The van der Waals surface area contributed by atoms with Crippen molar-refractivity contribution in [1.29, 1.82) is 0 Å². The Morgan fingerprint density at radius 1 is 1.11 bits per heavy atom. The zero-order chi connectivity index (χ0) is 26.2. The summed E-state index contributed by atoms with van der Waals surface area (Å²) in [6.45, 7) is 3.80. The van der Waals surface area contributed by atoms with Gasteiger partial charge in [0.05, 0.1) is 10.6 Å². The molecule has 5 rings (SSSR count). The summed E-state index contributed by atoms with van der Waals surface area (Å²) in [6.07, 6.45) is 3.86. The quantitative estimate of drug-likeness (QED) is 0.440. The van der Waals surface area contributed by atoms with Crippen LogP contribution in [0.25, 0.3) is 0 Å². The van der Waals surface area contributed by atoms with Gasteiger partial charge in [-0.3, -0.25) is 9.78 Å². The van der Waals surface area contributed by atoms with Crippen molar-refractivity contribution in [2.24, 2.45) is 0 Å². The Morgan fingerprint density at radius 2 is 1.89 bits per heavy atom. The second kappa shape index (κ2) is 10.2. The molecule has 2 fully saturated rings. The van der Waals surface area contributed by atoms with Crippen molar-refractivity contribution < 1.29 is 27.1 Å². The number of carbonyl (C=O) groups excluding carboxylic acids is 1. The van der Waals surface area contributed by atoms with Crippen molar-refractivity contribution in [2.45, 2.75) is 43.2 Å². The summed E-state index contributed by atoms with van der Waals surface area (Å²) in [5.74, 6) is -0.496. The van der Waals surface area contributed by atoms with E-state index in [4.69, 9.17) is 9.47 Å². The van der Waals surface area contributed by atoms with Gasteiger partial charge >= 0.3 is 6.01 Å². The van der Waals surface area contributed by atoms with E-state index >= 15 is 0 Å². The van der Waals surface area contributed by atoms with Crippen LogP contribution < -0.4 is 14.4 Å². The first-order valence-corrected chi connectivity index (χ1v) is 14.5. The molecule has 13 heteroatoms. The minimum atomic E-state index is -3.53. The molecule has 1 unspecified atom stereocenters. The fraction of sp³-hybridized carbons (Fsp3) is 0.417. The van der Waals surface area contributed by atoms with E-state index in [2.05, 4.69) is 19.2 Å². The van der Waals surface area contributed by atoms with E-state index in [1.54, 1.807) is 12.3 Å². The van der Waals surface area contributed by atoms with Crippen LogP contribution in [0.3, 0.4) is 0 Å². The number of likely N-dealkylation sites (tertiary alicyclic amines) is 1. The molecule has 2 aliphatic heterocycles. The lowest BCUT2D eigenvalue weighted by Crippen LogP contribution is -2.47. The zero-order valence-electron chi connectivity index (χ0n) is 20.3. The molecule has 3 aromatic rings. The number of anilines is 1. The van der Waals surface area contributed by atoms with Crippen molar-refractivity contribution in [3.05, 3.63) is 48.0 Å². The van der Waals surface area contributed by atoms with Gasteiger partial charge in [0.2, 0.25) is 5.13 Å². The Balaban J connectivity index is 1.16. The van der Waals surface area contributed by atoms with Crippen molar-refractivity contribution in [1.82, 2.24) is 19.2 Å². The number of aryl methyl sites for hydroxylation is 1. The number of ether oxygens (including phenoxy) is 2. The van der Waals surface area contributed by atoms with Gasteiger partial charge in [0.15, 0.2) is 33.3 Å². The highest BCUT2D eigenvalue weighted by molar-refractivity contribution is 7.90. The molecular weight excluding hydrogens is 521 g/mol. The number of aromatic nitrogens is 3. The third-order valence-electron chi connectivity index (χ3n) is 6.52. The summed E-state index contributed by atoms with van der Waals surface area (Å²) in [4.78, 5) is 25.5. The van der Waals surface area contributed by atoms with Crippen LogP contribution >= 0.6 is 11.5 Å². The number of carbonyl (C=O) groups is 1. The Bertz CT molecular complexity index is 1410. The standard InChI is InChI=1S/C24H26FN5O5S2/c1-15-19(4-3-10-26-15)35-23-27-24(36-28-23)29-11-7-16(8-12-29)30-13-9-21(22(30)31)34-20-6-5-17(14-18(20)25)37(2,32)33/h3-6,10,14,16,21H,7-9,11-13H2,1-2H3. The van der Waals surface area contributed by atoms with Crippen molar-refractivity contribution >= 4 is 32.4 Å². The number of hydrogen-bond donors (Lipinski definition) is 0. The Hall–Kier alpha value is -3.32. The summed E-state index contributed by atoms with van der Waals surface area (Å²) >= 11 is 1.27. The number of benzene rings is 1. The fourth-order valence-electron chi connectivity index (χ4n) is 4.52. The van der Waals surface area contributed by atoms with E-state index in [9.17, 15) is 17.6 Å². The number of sulfone groups is 1. The maximum Gasteiger partial charge on any atom is 0.335 e. The molecule has 2 aromatic heterocycles. The van der Waals surface area contributed by atoms with Gasteiger partial charge in [0.1, 0.15) is 0 Å². The third-order valence-corrected chi connectivity index (χ3v) is 8.39. The van der Waals surface area contributed by atoms with Crippen molar-refractivity contribution in [3.63, 3.8) is 0 Å². The number of hydrogen-bond acceptors (Lipinski definition) is 10. The lowest BCUT2D eigenvalue weighted by atomic mass is 10.0. The maximum absolute atomic E-state index is 14.4. The highest BCUT2D eigenvalue weighted by atomic mass is 32.2. The highest BCUT2D eigenvalue weighted by Gasteiger charge is 2.39. The molecule has 10 nitrogen and oxygen atoms in total. The van der Waals surface area contributed by atoms with Gasteiger partial charge in [0, 0.05) is 56.1 Å².